The number of rotatable bonds is 0. The highest BCUT2D eigenvalue weighted by molar-refractivity contribution is 5.58. The molecule has 0 bridgehead atoms. The summed E-state index contributed by atoms with van der Waals surface area (Å²) in [4.78, 5) is 0. The third kappa shape index (κ3) is 1.38. The number of hydrogen-bond acceptors (Lipinski definition) is 1. The molecule has 0 aromatic heterocycles. The molecule has 0 atom stereocenters. The lowest BCUT2D eigenvalue weighted by Gasteiger charge is -2.41. The summed E-state index contributed by atoms with van der Waals surface area (Å²) in [5.74, 6) is 0. The molecule has 1 aromatic rings. The van der Waals surface area contributed by atoms with Gasteiger partial charge in [0.05, 0.1) is 5.54 Å². The lowest BCUT2D eigenvalue weighted by Crippen LogP contribution is -2.43. The minimum absolute atomic E-state index is 0.254. The summed E-state index contributed by atoms with van der Waals surface area (Å²) in [5, 5.41) is 3.61. The van der Waals surface area contributed by atoms with E-state index in [0.717, 1.165) is 0 Å². The molecule has 2 aliphatic rings. The summed E-state index contributed by atoms with van der Waals surface area (Å²) in [6, 6.07) is 8.81. The van der Waals surface area contributed by atoms with E-state index in [1.54, 1.807) is 0 Å². The fourth-order valence-electron chi connectivity index (χ4n) is 3.02. The maximum Gasteiger partial charge on any atom is 0.0625 e. The van der Waals surface area contributed by atoms with Crippen molar-refractivity contribution in [2.45, 2.75) is 37.6 Å². The molecule has 1 fully saturated rings. The van der Waals surface area contributed by atoms with Crippen molar-refractivity contribution in [3.05, 3.63) is 41.6 Å². The topological polar surface area (TPSA) is 12.0 Å². The van der Waals surface area contributed by atoms with E-state index in [4.69, 9.17) is 0 Å². The molecular weight excluding hydrogens is 182 g/mol. The minimum Gasteiger partial charge on any atom is -0.381 e. The fourth-order valence-corrected chi connectivity index (χ4v) is 3.02. The Morgan fingerprint density at radius 3 is 2.67 bits per heavy atom. The van der Waals surface area contributed by atoms with E-state index in [1.165, 1.54) is 43.2 Å². The molecule has 1 heteroatoms. The van der Waals surface area contributed by atoms with Crippen molar-refractivity contribution in [3.8, 4) is 0 Å². The van der Waals surface area contributed by atoms with E-state index in [-0.39, 0.29) is 5.54 Å². The largest absolute Gasteiger partial charge is 0.381 e. The van der Waals surface area contributed by atoms with E-state index in [9.17, 15) is 0 Å². The van der Waals surface area contributed by atoms with E-state index in [2.05, 4.69) is 41.9 Å². The first-order valence-electron chi connectivity index (χ1n) is 5.95. The van der Waals surface area contributed by atoms with Crippen molar-refractivity contribution < 1.29 is 0 Å². The number of fused-ring (bicyclic) bond motifs is 2. The Hall–Kier alpha value is -1.24. The first-order chi connectivity index (χ1) is 7.41. The van der Waals surface area contributed by atoms with Gasteiger partial charge in [-0.25, -0.2) is 0 Å². The highest BCUT2D eigenvalue weighted by Gasteiger charge is 2.35. The Kier molecular flexibility index (Phi) is 2.05. The van der Waals surface area contributed by atoms with Crippen molar-refractivity contribution in [1.29, 1.82) is 0 Å². The van der Waals surface area contributed by atoms with E-state index in [1.807, 2.05) is 0 Å². The molecule has 78 valence electrons. The first-order valence-corrected chi connectivity index (χ1v) is 5.95. The average Bonchev–Trinajstić information content (AvgIpc) is 2.31. The Morgan fingerprint density at radius 2 is 1.80 bits per heavy atom. The molecule has 0 unspecified atom stereocenters. The Bertz CT molecular complexity index is 386. The summed E-state index contributed by atoms with van der Waals surface area (Å²) >= 11 is 0. The second-order valence-corrected chi connectivity index (χ2v) is 4.71. The molecule has 0 amide bonds. The van der Waals surface area contributed by atoms with Gasteiger partial charge in [0.15, 0.2) is 0 Å². The van der Waals surface area contributed by atoms with Crippen molar-refractivity contribution >= 4 is 6.08 Å². The third-order valence-electron chi connectivity index (χ3n) is 3.81. The SMILES string of the molecule is C1=Cc2ccccc2C2(CCCCC2)N1. The smallest absolute Gasteiger partial charge is 0.0625 e. The van der Waals surface area contributed by atoms with Gasteiger partial charge >= 0.3 is 0 Å². The van der Waals surface area contributed by atoms with Crippen LogP contribution >= 0.6 is 0 Å². The van der Waals surface area contributed by atoms with Gasteiger partial charge in [0.2, 0.25) is 0 Å². The second-order valence-electron chi connectivity index (χ2n) is 4.71. The van der Waals surface area contributed by atoms with Gasteiger partial charge in [0.1, 0.15) is 0 Å². The molecule has 3 rings (SSSR count). The summed E-state index contributed by atoms with van der Waals surface area (Å²) in [6.07, 6.45) is 11.0. The van der Waals surface area contributed by atoms with E-state index in [0.29, 0.717) is 0 Å². The second kappa shape index (κ2) is 3.41. The molecule has 1 nitrogen and oxygen atoms in total. The zero-order chi connectivity index (χ0) is 10.1. The summed E-state index contributed by atoms with van der Waals surface area (Å²) in [5.41, 5.74) is 3.16. The zero-order valence-corrected chi connectivity index (χ0v) is 9.00. The third-order valence-corrected chi connectivity index (χ3v) is 3.81. The highest BCUT2D eigenvalue weighted by Crippen LogP contribution is 2.40. The van der Waals surface area contributed by atoms with Gasteiger partial charge in [-0.05, 0) is 36.2 Å². The van der Waals surface area contributed by atoms with Crippen molar-refractivity contribution in [1.82, 2.24) is 5.32 Å². The van der Waals surface area contributed by atoms with Crippen LogP contribution in [0.5, 0.6) is 0 Å². The maximum atomic E-state index is 3.61. The zero-order valence-electron chi connectivity index (χ0n) is 9.00. The molecule has 1 heterocycles. The molecule has 0 saturated heterocycles. The van der Waals surface area contributed by atoms with Gasteiger partial charge in [-0.2, -0.15) is 0 Å². The Balaban J connectivity index is 2.08. The average molecular weight is 199 g/mol. The van der Waals surface area contributed by atoms with Crippen LogP contribution in [0.3, 0.4) is 0 Å². The Labute approximate surface area is 91.2 Å². The van der Waals surface area contributed by atoms with Crippen LogP contribution in [0.2, 0.25) is 0 Å². The molecule has 1 aromatic carbocycles. The Morgan fingerprint density at radius 1 is 1.00 bits per heavy atom. The highest BCUT2D eigenvalue weighted by atomic mass is 15.0. The normalized spacial score (nSPS) is 22.1. The van der Waals surface area contributed by atoms with Crippen molar-refractivity contribution in [2.24, 2.45) is 0 Å². The molecule has 0 radical (unpaired) electrons. The van der Waals surface area contributed by atoms with Gasteiger partial charge < -0.3 is 5.32 Å². The summed E-state index contributed by atoms with van der Waals surface area (Å²) in [6.45, 7) is 0. The van der Waals surface area contributed by atoms with Crippen LogP contribution in [-0.4, -0.2) is 0 Å². The molecule has 15 heavy (non-hydrogen) atoms. The minimum atomic E-state index is 0.254. The molecule has 1 aliphatic carbocycles. The quantitative estimate of drug-likeness (QED) is 0.675. The monoisotopic (exact) mass is 199 g/mol. The number of hydrogen-bond donors (Lipinski definition) is 1. The lowest BCUT2D eigenvalue weighted by molar-refractivity contribution is 0.258. The molecule has 1 N–H and O–H groups in total. The van der Waals surface area contributed by atoms with Crippen molar-refractivity contribution in [2.75, 3.05) is 0 Å². The standard InChI is InChI=1S/C14H17N/c1-4-9-14(10-5-1)13-7-3-2-6-12(13)8-11-15-14/h2-3,6-8,11,15H,1,4-5,9-10H2. The van der Waals surface area contributed by atoms with Crippen LogP contribution < -0.4 is 5.32 Å². The van der Waals surface area contributed by atoms with Gasteiger partial charge in [-0.15, -0.1) is 0 Å². The molecule has 1 spiro atoms. The van der Waals surface area contributed by atoms with Crippen LogP contribution in [0.4, 0.5) is 0 Å². The van der Waals surface area contributed by atoms with E-state index >= 15 is 0 Å². The molecule has 1 saturated carbocycles. The van der Waals surface area contributed by atoms with Crippen LogP contribution in [0.15, 0.2) is 30.5 Å². The molecule has 1 aliphatic heterocycles. The van der Waals surface area contributed by atoms with Crippen LogP contribution in [0, 0.1) is 0 Å². The van der Waals surface area contributed by atoms with Crippen molar-refractivity contribution in [3.63, 3.8) is 0 Å². The number of benzene rings is 1. The van der Waals surface area contributed by atoms with Gasteiger partial charge in [-0.1, -0.05) is 43.5 Å². The van der Waals surface area contributed by atoms with E-state index < -0.39 is 0 Å². The predicted molar refractivity (Wildman–Crippen MR) is 63.4 cm³/mol. The van der Waals surface area contributed by atoms with Gasteiger partial charge in [-0.3, -0.25) is 0 Å². The van der Waals surface area contributed by atoms with Gasteiger partial charge in [0, 0.05) is 0 Å². The first kappa shape index (κ1) is 9.02. The van der Waals surface area contributed by atoms with Crippen LogP contribution in [-0.2, 0) is 5.54 Å². The maximum absolute atomic E-state index is 3.61. The van der Waals surface area contributed by atoms with Gasteiger partial charge in [0.25, 0.3) is 0 Å². The molecular formula is C14H17N. The lowest BCUT2D eigenvalue weighted by atomic mass is 9.74. The fraction of sp³-hybridized carbons (Fsp3) is 0.429. The predicted octanol–water partition coefficient (Wildman–Crippen LogP) is 3.42. The number of nitrogens with one attached hydrogen (secondary N) is 1. The van der Waals surface area contributed by atoms with Crippen LogP contribution in [0.25, 0.3) is 6.08 Å². The summed E-state index contributed by atoms with van der Waals surface area (Å²) in [7, 11) is 0. The van der Waals surface area contributed by atoms with Crippen LogP contribution in [0.1, 0.15) is 43.2 Å². The summed E-state index contributed by atoms with van der Waals surface area (Å²) < 4.78 is 0.